The number of hydrogen-bond acceptors (Lipinski definition) is 3. The fourth-order valence-electron chi connectivity index (χ4n) is 0.370. The number of rotatable bonds is 4. The van der Waals surface area contributed by atoms with E-state index in [1.54, 1.807) is 0 Å². The average Bonchev–Trinajstić information content (AvgIpc) is 1.87. The van der Waals surface area contributed by atoms with Crippen LogP contribution in [0.4, 0.5) is 0 Å². The van der Waals surface area contributed by atoms with E-state index in [4.69, 9.17) is 9.94 Å². The molecule has 3 heteroatoms. The van der Waals surface area contributed by atoms with Crippen molar-refractivity contribution < 1.29 is 9.94 Å². The lowest BCUT2D eigenvalue weighted by atomic mass is 10.3. The standard InChI is InChI=1S/C7H15NO2/c1-4-7(9)5-10-8-6(2)3/h7,9H,4-5H2,1-3H3. The molecular formula is C7H15NO2. The molecule has 0 aliphatic rings. The Kier molecular flexibility index (Phi) is 4.94. The van der Waals surface area contributed by atoms with Crippen molar-refractivity contribution in [2.45, 2.75) is 33.3 Å². The van der Waals surface area contributed by atoms with Crippen LogP contribution in [0.3, 0.4) is 0 Å². The van der Waals surface area contributed by atoms with Gasteiger partial charge >= 0.3 is 0 Å². The van der Waals surface area contributed by atoms with Gasteiger partial charge in [0.1, 0.15) is 6.61 Å². The Labute approximate surface area is 61.7 Å². The molecule has 0 saturated heterocycles. The number of nitrogens with zero attached hydrogens (tertiary/aromatic N) is 1. The van der Waals surface area contributed by atoms with Gasteiger partial charge in [0.15, 0.2) is 0 Å². The highest BCUT2D eigenvalue weighted by atomic mass is 16.6. The van der Waals surface area contributed by atoms with Crippen molar-refractivity contribution in [3.05, 3.63) is 0 Å². The third-order valence-electron chi connectivity index (χ3n) is 0.985. The van der Waals surface area contributed by atoms with E-state index in [0.29, 0.717) is 13.0 Å². The summed E-state index contributed by atoms with van der Waals surface area (Å²) >= 11 is 0. The lowest BCUT2D eigenvalue weighted by Crippen LogP contribution is -2.11. The maximum absolute atomic E-state index is 8.98. The number of hydrogen-bond donors (Lipinski definition) is 1. The van der Waals surface area contributed by atoms with Crippen LogP contribution in [0.25, 0.3) is 0 Å². The molecule has 0 heterocycles. The summed E-state index contributed by atoms with van der Waals surface area (Å²) in [6.45, 7) is 5.88. The van der Waals surface area contributed by atoms with Gasteiger partial charge in [-0.2, -0.15) is 0 Å². The molecule has 0 rings (SSSR count). The number of aliphatic hydroxyl groups is 1. The van der Waals surface area contributed by atoms with Gasteiger partial charge in [0.25, 0.3) is 0 Å². The van der Waals surface area contributed by atoms with E-state index in [2.05, 4.69) is 5.16 Å². The van der Waals surface area contributed by atoms with Gasteiger partial charge in [0.2, 0.25) is 0 Å². The minimum Gasteiger partial charge on any atom is -0.393 e. The Bertz CT molecular complexity index is 108. The van der Waals surface area contributed by atoms with Crippen LogP contribution in [0.1, 0.15) is 27.2 Å². The second-order valence-corrected chi connectivity index (χ2v) is 2.40. The average molecular weight is 145 g/mol. The maximum atomic E-state index is 8.98. The quantitative estimate of drug-likeness (QED) is 0.476. The van der Waals surface area contributed by atoms with Crippen LogP contribution in [0.15, 0.2) is 5.16 Å². The van der Waals surface area contributed by atoms with Crippen LogP contribution >= 0.6 is 0 Å². The van der Waals surface area contributed by atoms with Gasteiger partial charge in [0, 0.05) is 0 Å². The molecule has 60 valence electrons. The Morgan fingerprint density at radius 3 is 2.60 bits per heavy atom. The van der Waals surface area contributed by atoms with E-state index in [1.165, 1.54) is 0 Å². The van der Waals surface area contributed by atoms with Crippen molar-refractivity contribution in [3.63, 3.8) is 0 Å². The number of oxime groups is 1. The summed E-state index contributed by atoms with van der Waals surface area (Å²) in [7, 11) is 0. The monoisotopic (exact) mass is 145 g/mol. The highest BCUT2D eigenvalue weighted by Crippen LogP contribution is 1.91. The van der Waals surface area contributed by atoms with E-state index < -0.39 is 0 Å². The molecule has 0 bridgehead atoms. The van der Waals surface area contributed by atoms with Gasteiger partial charge < -0.3 is 9.94 Å². The highest BCUT2D eigenvalue weighted by Gasteiger charge is 1.98. The third kappa shape index (κ3) is 5.56. The fraction of sp³-hybridized carbons (Fsp3) is 0.857. The van der Waals surface area contributed by atoms with Crippen LogP contribution in [0.2, 0.25) is 0 Å². The zero-order valence-corrected chi connectivity index (χ0v) is 6.79. The van der Waals surface area contributed by atoms with Crippen LogP contribution in [0.5, 0.6) is 0 Å². The van der Waals surface area contributed by atoms with Crippen LogP contribution < -0.4 is 0 Å². The molecule has 0 aliphatic carbocycles. The molecule has 10 heavy (non-hydrogen) atoms. The predicted molar refractivity (Wildman–Crippen MR) is 41.0 cm³/mol. The van der Waals surface area contributed by atoms with Crippen molar-refractivity contribution in [2.75, 3.05) is 6.61 Å². The highest BCUT2D eigenvalue weighted by molar-refractivity contribution is 5.78. The third-order valence-corrected chi connectivity index (χ3v) is 0.985. The molecule has 0 fully saturated rings. The molecule has 1 atom stereocenters. The van der Waals surface area contributed by atoms with Crippen molar-refractivity contribution in [2.24, 2.45) is 5.16 Å². The SMILES string of the molecule is CCC(O)CON=C(C)C. The second-order valence-electron chi connectivity index (χ2n) is 2.40. The second kappa shape index (κ2) is 5.23. The first-order valence-corrected chi connectivity index (χ1v) is 3.48. The van der Waals surface area contributed by atoms with E-state index >= 15 is 0 Å². The molecule has 1 N–H and O–H groups in total. The van der Waals surface area contributed by atoms with Crippen molar-refractivity contribution >= 4 is 5.71 Å². The topological polar surface area (TPSA) is 41.8 Å². The summed E-state index contributed by atoms with van der Waals surface area (Å²) in [6, 6.07) is 0. The van der Waals surface area contributed by atoms with Gasteiger partial charge in [-0.3, -0.25) is 0 Å². The molecule has 1 unspecified atom stereocenters. The molecule has 0 aromatic rings. The van der Waals surface area contributed by atoms with Gasteiger partial charge in [-0.1, -0.05) is 12.1 Å². The lowest BCUT2D eigenvalue weighted by Gasteiger charge is -2.04. The van der Waals surface area contributed by atoms with Crippen LogP contribution in [-0.2, 0) is 4.84 Å². The summed E-state index contributed by atoms with van der Waals surface area (Å²) < 4.78 is 0. The first kappa shape index (κ1) is 9.43. The first-order chi connectivity index (χ1) is 4.66. The minimum atomic E-state index is -0.386. The van der Waals surface area contributed by atoms with Gasteiger partial charge in [-0.05, 0) is 20.3 Å². The van der Waals surface area contributed by atoms with E-state index in [1.807, 2.05) is 20.8 Å². The maximum Gasteiger partial charge on any atom is 0.142 e. The molecule has 0 aliphatic heterocycles. The van der Waals surface area contributed by atoms with Crippen molar-refractivity contribution in [1.82, 2.24) is 0 Å². The summed E-state index contributed by atoms with van der Waals surface area (Å²) in [5, 5.41) is 12.6. The molecule has 0 aromatic carbocycles. The molecule has 0 amide bonds. The fourth-order valence-corrected chi connectivity index (χ4v) is 0.370. The summed E-state index contributed by atoms with van der Waals surface area (Å²) in [4.78, 5) is 4.79. The summed E-state index contributed by atoms with van der Waals surface area (Å²) in [5.41, 5.74) is 0.864. The first-order valence-electron chi connectivity index (χ1n) is 3.48. The van der Waals surface area contributed by atoms with Gasteiger partial charge in [-0.25, -0.2) is 0 Å². The molecule has 3 nitrogen and oxygen atoms in total. The molecular weight excluding hydrogens is 130 g/mol. The summed E-state index contributed by atoms with van der Waals surface area (Å²) in [6.07, 6.45) is 0.321. The minimum absolute atomic E-state index is 0.293. The predicted octanol–water partition coefficient (Wildman–Crippen LogP) is 1.17. The van der Waals surface area contributed by atoms with E-state index in [-0.39, 0.29) is 6.10 Å². The van der Waals surface area contributed by atoms with E-state index in [0.717, 1.165) is 5.71 Å². The largest absolute Gasteiger partial charge is 0.393 e. The Balaban J connectivity index is 3.28. The molecule has 0 aromatic heterocycles. The van der Waals surface area contributed by atoms with Crippen molar-refractivity contribution in [3.8, 4) is 0 Å². The lowest BCUT2D eigenvalue weighted by molar-refractivity contribution is 0.0382. The van der Waals surface area contributed by atoms with Crippen LogP contribution in [0, 0.1) is 0 Å². The van der Waals surface area contributed by atoms with Crippen molar-refractivity contribution in [1.29, 1.82) is 0 Å². The van der Waals surface area contributed by atoms with Gasteiger partial charge in [0.05, 0.1) is 11.8 Å². The zero-order chi connectivity index (χ0) is 7.98. The molecule has 0 saturated carbocycles. The normalized spacial score (nSPS) is 12.4. The van der Waals surface area contributed by atoms with Crippen LogP contribution in [-0.4, -0.2) is 23.5 Å². The van der Waals surface area contributed by atoms with E-state index in [9.17, 15) is 0 Å². The summed E-state index contributed by atoms with van der Waals surface area (Å²) in [5.74, 6) is 0. The Hall–Kier alpha value is -0.570. The molecule has 0 radical (unpaired) electrons. The Morgan fingerprint density at radius 2 is 2.20 bits per heavy atom. The molecule has 0 spiro atoms. The number of aliphatic hydroxyl groups excluding tert-OH is 1. The zero-order valence-electron chi connectivity index (χ0n) is 6.79. The smallest absolute Gasteiger partial charge is 0.142 e. The van der Waals surface area contributed by atoms with Gasteiger partial charge in [-0.15, -0.1) is 0 Å². The Morgan fingerprint density at radius 1 is 1.60 bits per heavy atom.